The van der Waals surface area contributed by atoms with Gasteiger partial charge in [-0.05, 0) is 25.0 Å². The summed E-state index contributed by atoms with van der Waals surface area (Å²) in [7, 11) is 0. The van der Waals surface area contributed by atoms with Crippen LogP contribution < -0.4 is 11.1 Å². The Morgan fingerprint density at radius 2 is 1.88 bits per heavy atom. The van der Waals surface area contributed by atoms with Gasteiger partial charge < -0.3 is 11.1 Å². The van der Waals surface area contributed by atoms with Crippen molar-refractivity contribution < 1.29 is 4.79 Å². The first kappa shape index (κ1) is 11.1. The SMILES string of the molecule is N[C@@H]1CCCC[C@@H]1NC(=O)c1ccccc1. The fourth-order valence-electron chi connectivity index (χ4n) is 2.18. The molecule has 0 aromatic heterocycles. The van der Waals surface area contributed by atoms with Gasteiger partial charge in [0, 0.05) is 17.6 Å². The molecule has 3 heteroatoms. The Morgan fingerprint density at radius 3 is 2.56 bits per heavy atom. The molecule has 2 atom stereocenters. The second-order valence-corrected chi connectivity index (χ2v) is 4.39. The molecule has 0 heterocycles. The summed E-state index contributed by atoms with van der Waals surface area (Å²) in [5.41, 5.74) is 6.70. The summed E-state index contributed by atoms with van der Waals surface area (Å²) in [6, 6.07) is 9.55. The highest BCUT2D eigenvalue weighted by Gasteiger charge is 2.23. The normalized spacial score (nSPS) is 25.1. The van der Waals surface area contributed by atoms with Gasteiger partial charge in [-0.1, -0.05) is 31.0 Å². The monoisotopic (exact) mass is 218 g/mol. The van der Waals surface area contributed by atoms with Crippen LogP contribution in [0, 0.1) is 0 Å². The number of hydrogen-bond donors (Lipinski definition) is 2. The predicted molar refractivity (Wildman–Crippen MR) is 64.1 cm³/mol. The van der Waals surface area contributed by atoms with Gasteiger partial charge in [-0.15, -0.1) is 0 Å². The minimum absolute atomic E-state index is 0.0112. The van der Waals surface area contributed by atoms with Gasteiger partial charge in [0.05, 0.1) is 0 Å². The molecule has 3 N–H and O–H groups in total. The van der Waals surface area contributed by atoms with Crippen molar-refractivity contribution in [2.75, 3.05) is 0 Å². The molecule has 1 aliphatic carbocycles. The Labute approximate surface area is 96.0 Å². The first-order valence-corrected chi connectivity index (χ1v) is 5.89. The molecule has 1 aromatic rings. The summed E-state index contributed by atoms with van der Waals surface area (Å²) >= 11 is 0. The molecule has 3 nitrogen and oxygen atoms in total. The Hall–Kier alpha value is -1.35. The molecule has 2 rings (SSSR count). The van der Waals surface area contributed by atoms with E-state index in [0.717, 1.165) is 19.3 Å². The maximum Gasteiger partial charge on any atom is 0.251 e. The summed E-state index contributed by atoms with van der Waals surface area (Å²) in [5, 5.41) is 3.02. The van der Waals surface area contributed by atoms with Gasteiger partial charge in [-0.3, -0.25) is 4.79 Å². The number of amides is 1. The van der Waals surface area contributed by atoms with Gasteiger partial charge in [0.1, 0.15) is 0 Å². The van der Waals surface area contributed by atoms with Gasteiger partial charge in [-0.2, -0.15) is 0 Å². The van der Waals surface area contributed by atoms with Gasteiger partial charge in [0.2, 0.25) is 0 Å². The van der Waals surface area contributed by atoms with Crippen LogP contribution in [0.2, 0.25) is 0 Å². The third kappa shape index (κ3) is 2.61. The Kier molecular flexibility index (Phi) is 3.57. The number of hydrogen-bond acceptors (Lipinski definition) is 2. The zero-order valence-electron chi connectivity index (χ0n) is 9.36. The van der Waals surface area contributed by atoms with Crippen LogP contribution in [0.15, 0.2) is 30.3 Å². The molecule has 0 bridgehead atoms. The minimum atomic E-state index is -0.0112. The highest BCUT2D eigenvalue weighted by atomic mass is 16.1. The zero-order chi connectivity index (χ0) is 11.4. The van der Waals surface area contributed by atoms with Crippen molar-refractivity contribution in [2.45, 2.75) is 37.8 Å². The Morgan fingerprint density at radius 1 is 1.19 bits per heavy atom. The lowest BCUT2D eigenvalue weighted by Crippen LogP contribution is -2.49. The number of nitrogens with two attached hydrogens (primary N) is 1. The van der Waals surface area contributed by atoms with Crippen LogP contribution >= 0.6 is 0 Å². The fourth-order valence-corrected chi connectivity index (χ4v) is 2.18. The number of nitrogens with one attached hydrogen (secondary N) is 1. The third-order valence-corrected chi connectivity index (χ3v) is 3.17. The van der Waals surface area contributed by atoms with Crippen molar-refractivity contribution in [2.24, 2.45) is 5.73 Å². The second kappa shape index (κ2) is 5.12. The Balaban J connectivity index is 1.96. The number of carbonyl (C=O) groups is 1. The van der Waals surface area contributed by atoms with Gasteiger partial charge in [0.25, 0.3) is 5.91 Å². The smallest absolute Gasteiger partial charge is 0.251 e. The number of rotatable bonds is 2. The van der Waals surface area contributed by atoms with Crippen molar-refractivity contribution in [3.63, 3.8) is 0 Å². The molecule has 0 radical (unpaired) electrons. The van der Waals surface area contributed by atoms with Crippen LogP contribution in [-0.4, -0.2) is 18.0 Å². The van der Waals surface area contributed by atoms with Crippen molar-refractivity contribution in [3.05, 3.63) is 35.9 Å². The lowest BCUT2D eigenvalue weighted by molar-refractivity contribution is 0.0921. The third-order valence-electron chi connectivity index (χ3n) is 3.17. The summed E-state index contributed by atoms with van der Waals surface area (Å²) in [4.78, 5) is 11.9. The van der Waals surface area contributed by atoms with Gasteiger partial charge in [0.15, 0.2) is 0 Å². The van der Waals surface area contributed by atoms with Gasteiger partial charge in [-0.25, -0.2) is 0 Å². The highest BCUT2D eigenvalue weighted by Crippen LogP contribution is 2.17. The molecule has 0 spiro atoms. The summed E-state index contributed by atoms with van der Waals surface area (Å²) in [6.45, 7) is 0. The van der Waals surface area contributed by atoms with E-state index in [0.29, 0.717) is 5.56 Å². The van der Waals surface area contributed by atoms with Crippen molar-refractivity contribution in [1.29, 1.82) is 0 Å². The fraction of sp³-hybridized carbons (Fsp3) is 0.462. The number of carbonyl (C=O) groups excluding carboxylic acids is 1. The van der Waals surface area contributed by atoms with E-state index < -0.39 is 0 Å². The van der Waals surface area contributed by atoms with Crippen LogP contribution in [-0.2, 0) is 0 Å². The van der Waals surface area contributed by atoms with Gasteiger partial charge >= 0.3 is 0 Å². The minimum Gasteiger partial charge on any atom is -0.348 e. The molecule has 86 valence electrons. The first-order valence-electron chi connectivity index (χ1n) is 5.89. The molecule has 0 aliphatic heterocycles. The summed E-state index contributed by atoms with van der Waals surface area (Å²) in [6.07, 6.45) is 4.35. The van der Waals surface area contributed by atoms with E-state index in [1.54, 1.807) is 0 Å². The molecule has 0 saturated heterocycles. The topological polar surface area (TPSA) is 55.1 Å². The van der Waals surface area contributed by atoms with E-state index in [4.69, 9.17) is 5.73 Å². The van der Waals surface area contributed by atoms with E-state index >= 15 is 0 Å². The molecule has 1 saturated carbocycles. The van der Waals surface area contributed by atoms with E-state index in [-0.39, 0.29) is 18.0 Å². The molecule has 16 heavy (non-hydrogen) atoms. The van der Waals surface area contributed by atoms with E-state index in [1.807, 2.05) is 30.3 Å². The van der Waals surface area contributed by atoms with E-state index in [1.165, 1.54) is 6.42 Å². The lowest BCUT2D eigenvalue weighted by Gasteiger charge is -2.29. The first-order chi connectivity index (χ1) is 7.77. The maximum atomic E-state index is 11.9. The molecule has 1 aliphatic rings. The van der Waals surface area contributed by atoms with Crippen LogP contribution in [0.4, 0.5) is 0 Å². The standard InChI is InChI=1S/C13H18N2O/c14-11-8-4-5-9-12(11)15-13(16)10-6-2-1-3-7-10/h1-3,6-7,11-12H,4-5,8-9,14H2,(H,15,16)/t11-,12+/m1/s1. The van der Waals surface area contributed by atoms with Crippen LogP contribution in [0.25, 0.3) is 0 Å². The van der Waals surface area contributed by atoms with E-state index in [2.05, 4.69) is 5.32 Å². The zero-order valence-corrected chi connectivity index (χ0v) is 9.36. The second-order valence-electron chi connectivity index (χ2n) is 4.39. The molecule has 1 amide bonds. The summed E-state index contributed by atoms with van der Waals surface area (Å²) < 4.78 is 0. The molecular formula is C13H18N2O. The molecule has 1 fully saturated rings. The van der Waals surface area contributed by atoms with Crippen molar-refractivity contribution >= 4 is 5.91 Å². The van der Waals surface area contributed by atoms with Crippen molar-refractivity contribution in [1.82, 2.24) is 5.32 Å². The van der Waals surface area contributed by atoms with Crippen LogP contribution in [0.1, 0.15) is 36.0 Å². The molecule has 1 aromatic carbocycles. The molecule has 0 unspecified atom stereocenters. The quantitative estimate of drug-likeness (QED) is 0.793. The average molecular weight is 218 g/mol. The van der Waals surface area contributed by atoms with Crippen LogP contribution in [0.3, 0.4) is 0 Å². The number of benzene rings is 1. The maximum absolute atomic E-state index is 11.9. The predicted octanol–water partition coefficient (Wildman–Crippen LogP) is 1.69. The Bertz CT molecular complexity index is 350. The lowest BCUT2D eigenvalue weighted by atomic mass is 9.91. The average Bonchev–Trinajstić information content (AvgIpc) is 2.33. The highest BCUT2D eigenvalue weighted by molar-refractivity contribution is 5.94. The van der Waals surface area contributed by atoms with Crippen molar-refractivity contribution in [3.8, 4) is 0 Å². The summed E-state index contributed by atoms with van der Waals surface area (Å²) in [5.74, 6) is -0.0112. The van der Waals surface area contributed by atoms with E-state index in [9.17, 15) is 4.79 Å². The largest absolute Gasteiger partial charge is 0.348 e. The molecular weight excluding hydrogens is 200 g/mol. The van der Waals surface area contributed by atoms with Crippen LogP contribution in [0.5, 0.6) is 0 Å².